The number of nitrogens with two attached hydrogens (primary N) is 2. The van der Waals surface area contributed by atoms with Crippen molar-refractivity contribution in [3.05, 3.63) is 75.8 Å². The number of likely N-dealkylation sites (tertiary alicyclic amines) is 1. The number of nitriles is 1. The normalized spacial score (nSPS) is 13.3. The molecule has 1 saturated heterocycles. The number of para-hydroxylation sites is 1. The highest BCUT2D eigenvalue weighted by Crippen LogP contribution is 2.27. The summed E-state index contributed by atoms with van der Waals surface area (Å²) in [6.07, 6.45) is 4.32. The maximum absolute atomic E-state index is 14.3. The van der Waals surface area contributed by atoms with E-state index in [-0.39, 0.29) is 34.6 Å². The number of nitrogens with zero attached hydrogens (tertiary/aromatic N) is 6. The Morgan fingerprint density at radius 1 is 1.07 bits per heavy atom. The van der Waals surface area contributed by atoms with Crippen molar-refractivity contribution in [1.29, 1.82) is 5.26 Å². The van der Waals surface area contributed by atoms with Gasteiger partial charge in [-0.15, -0.1) is 0 Å². The molecule has 1 amide bonds. The third-order valence-corrected chi connectivity index (χ3v) is 7.41. The first kappa shape index (κ1) is 29.1. The molecule has 2 aromatic carbocycles. The van der Waals surface area contributed by atoms with Crippen LogP contribution in [0.1, 0.15) is 68.4 Å². The number of anilines is 3. The van der Waals surface area contributed by atoms with Gasteiger partial charge in [0.2, 0.25) is 11.9 Å². The van der Waals surface area contributed by atoms with Gasteiger partial charge in [0, 0.05) is 31.5 Å². The lowest BCUT2D eigenvalue weighted by molar-refractivity contribution is -0.130. The van der Waals surface area contributed by atoms with Crippen LogP contribution >= 0.6 is 0 Å². The van der Waals surface area contributed by atoms with Crippen molar-refractivity contribution in [1.82, 2.24) is 24.4 Å². The molecule has 1 aliphatic rings. The Bertz CT molecular complexity index is 1810. The molecule has 0 spiro atoms. The Hall–Kier alpha value is -5.42. The molecule has 3 heterocycles. The molecule has 1 unspecified atom stereocenters. The number of benzene rings is 2. The number of rotatable bonds is 8. The Morgan fingerprint density at radius 3 is 2.56 bits per heavy atom. The standard InChI is InChI=1S/C32H33N9O2/c1-2-24(36-29-23(20-33)28(34)38-32(35)39-29)30-37-25-16-11-13-21(12-5-3-8-17-26(42)40-18-9-10-19-40)27(25)31(43)41(30)22-14-6-4-7-15-22/h4,6-7,11,13-16,24H,2-3,8-10,17-19H2,1H3,(H5,34,35,36,38,39). The SMILES string of the molecule is CCC(Nc1nc(N)nc(N)c1C#N)c1nc2cccc(C#CCCCC(=O)N3CCCC3)c2c(=O)n1-c1ccccc1. The largest absolute Gasteiger partial charge is 0.382 e. The topological polar surface area (TPSA) is 169 Å². The summed E-state index contributed by atoms with van der Waals surface area (Å²) >= 11 is 0. The molecule has 0 aliphatic carbocycles. The smallest absolute Gasteiger partial charge is 0.267 e. The van der Waals surface area contributed by atoms with Gasteiger partial charge >= 0.3 is 0 Å². The average Bonchev–Trinajstić information content (AvgIpc) is 3.55. The van der Waals surface area contributed by atoms with Crippen LogP contribution in [0.3, 0.4) is 0 Å². The van der Waals surface area contributed by atoms with Crippen LogP contribution in [0.15, 0.2) is 53.3 Å². The molecule has 0 radical (unpaired) electrons. The molecular weight excluding hydrogens is 542 g/mol. The maximum Gasteiger partial charge on any atom is 0.267 e. The molecule has 43 heavy (non-hydrogen) atoms. The van der Waals surface area contributed by atoms with Gasteiger partial charge in [-0.25, -0.2) is 4.98 Å². The number of carbonyl (C=O) groups excluding carboxylic acids is 1. The van der Waals surface area contributed by atoms with Crippen molar-refractivity contribution in [3.8, 4) is 23.6 Å². The van der Waals surface area contributed by atoms with Crippen molar-refractivity contribution in [2.24, 2.45) is 0 Å². The second-order valence-electron chi connectivity index (χ2n) is 10.3. The predicted octanol–water partition coefficient (Wildman–Crippen LogP) is 3.92. The fourth-order valence-electron chi connectivity index (χ4n) is 5.25. The van der Waals surface area contributed by atoms with E-state index in [0.29, 0.717) is 53.7 Å². The summed E-state index contributed by atoms with van der Waals surface area (Å²) in [6.45, 7) is 3.62. The first-order chi connectivity index (χ1) is 20.9. The molecule has 218 valence electrons. The van der Waals surface area contributed by atoms with Crippen molar-refractivity contribution in [2.45, 2.75) is 51.5 Å². The molecule has 11 heteroatoms. The lowest BCUT2D eigenvalue weighted by Gasteiger charge is -2.23. The Morgan fingerprint density at radius 2 is 1.84 bits per heavy atom. The lowest BCUT2D eigenvalue weighted by atomic mass is 10.1. The van der Waals surface area contributed by atoms with E-state index in [1.807, 2.05) is 60.4 Å². The molecule has 1 fully saturated rings. The minimum atomic E-state index is -0.541. The summed E-state index contributed by atoms with van der Waals surface area (Å²) in [5.74, 6) is 6.96. The van der Waals surface area contributed by atoms with Crippen LogP contribution < -0.4 is 22.3 Å². The molecule has 1 aliphatic heterocycles. The third-order valence-electron chi connectivity index (χ3n) is 7.41. The molecule has 11 nitrogen and oxygen atoms in total. The van der Waals surface area contributed by atoms with Crippen molar-refractivity contribution < 1.29 is 4.79 Å². The number of unbranched alkanes of at least 4 members (excludes halogenated alkanes) is 1. The van der Waals surface area contributed by atoms with Crippen LogP contribution in [0.5, 0.6) is 0 Å². The van der Waals surface area contributed by atoms with E-state index in [4.69, 9.17) is 16.5 Å². The number of hydrogen-bond acceptors (Lipinski definition) is 9. The first-order valence-electron chi connectivity index (χ1n) is 14.4. The van der Waals surface area contributed by atoms with Gasteiger partial charge < -0.3 is 21.7 Å². The molecule has 0 saturated carbocycles. The Balaban J connectivity index is 1.53. The Labute approximate surface area is 249 Å². The van der Waals surface area contributed by atoms with E-state index in [2.05, 4.69) is 27.1 Å². The van der Waals surface area contributed by atoms with Crippen LogP contribution in [0, 0.1) is 23.2 Å². The number of carbonyl (C=O) groups is 1. The molecule has 1 atom stereocenters. The van der Waals surface area contributed by atoms with E-state index in [0.717, 1.165) is 25.9 Å². The van der Waals surface area contributed by atoms with Crippen molar-refractivity contribution in [3.63, 3.8) is 0 Å². The van der Waals surface area contributed by atoms with E-state index in [9.17, 15) is 14.9 Å². The fourth-order valence-corrected chi connectivity index (χ4v) is 5.25. The van der Waals surface area contributed by atoms with E-state index < -0.39 is 6.04 Å². The highest BCUT2D eigenvalue weighted by molar-refractivity contribution is 5.85. The minimum absolute atomic E-state index is 0.0390. The third kappa shape index (κ3) is 6.26. The molecule has 0 bridgehead atoms. The number of amides is 1. The molecule has 5 rings (SSSR count). The summed E-state index contributed by atoms with van der Waals surface area (Å²) in [7, 11) is 0. The molecule has 5 N–H and O–H groups in total. The van der Waals surface area contributed by atoms with Gasteiger partial charge in [0.05, 0.1) is 22.6 Å². The highest BCUT2D eigenvalue weighted by atomic mass is 16.2. The van der Waals surface area contributed by atoms with Crippen LogP contribution in [-0.4, -0.2) is 43.4 Å². The van der Waals surface area contributed by atoms with Crippen LogP contribution in [0.4, 0.5) is 17.6 Å². The number of nitrogen functional groups attached to an aromatic ring is 2. The van der Waals surface area contributed by atoms with Gasteiger partial charge in [-0.05, 0) is 49.9 Å². The van der Waals surface area contributed by atoms with Gasteiger partial charge in [0.1, 0.15) is 23.3 Å². The summed E-state index contributed by atoms with van der Waals surface area (Å²) < 4.78 is 1.56. The molecule has 2 aromatic heterocycles. The number of fused-ring (bicyclic) bond motifs is 1. The van der Waals surface area contributed by atoms with Gasteiger partial charge in [-0.1, -0.05) is 43.0 Å². The predicted molar refractivity (Wildman–Crippen MR) is 166 cm³/mol. The number of aromatic nitrogens is 4. The lowest BCUT2D eigenvalue weighted by Crippen LogP contribution is -2.29. The summed E-state index contributed by atoms with van der Waals surface area (Å²) in [5, 5.41) is 13.3. The zero-order valence-electron chi connectivity index (χ0n) is 24.0. The van der Waals surface area contributed by atoms with Crippen LogP contribution in [-0.2, 0) is 4.79 Å². The summed E-state index contributed by atoms with van der Waals surface area (Å²) in [6, 6.07) is 16.1. The van der Waals surface area contributed by atoms with Crippen LogP contribution in [0.2, 0.25) is 0 Å². The van der Waals surface area contributed by atoms with Gasteiger partial charge in [-0.2, -0.15) is 15.2 Å². The van der Waals surface area contributed by atoms with Crippen molar-refractivity contribution >= 4 is 34.4 Å². The molecular formula is C32H33N9O2. The number of hydrogen-bond donors (Lipinski definition) is 3. The van der Waals surface area contributed by atoms with Gasteiger partial charge in [0.25, 0.3) is 5.56 Å². The van der Waals surface area contributed by atoms with E-state index >= 15 is 0 Å². The molecule has 4 aromatic rings. The quantitative estimate of drug-likeness (QED) is 0.208. The second-order valence-corrected chi connectivity index (χ2v) is 10.3. The zero-order chi connectivity index (χ0) is 30.3. The van der Waals surface area contributed by atoms with Gasteiger partial charge in [-0.3, -0.25) is 14.2 Å². The summed E-state index contributed by atoms with van der Waals surface area (Å²) in [4.78, 5) is 41.6. The second kappa shape index (κ2) is 13.0. The van der Waals surface area contributed by atoms with Crippen molar-refractivity contribution in [2.75, 3.05) is 29.9 Å². The van der Waals surface area contributed by atoms with E-state index in [1.165, 1.54) is 0 Å². The fraction of sp³-hybridized carbons (Fsp3) is 0.312. The minimum Gasteiger partial charge on any atom is -0.382 e. The maximum atomic E-state index is 14.3. The highest BCUT2D eigenvalue weighted by Gasteiger charge is 2.24. The Kier molecular flexibility index (Phi) is 8.82. The number of nitrogens with one attached hydrogen (secondary N) is 1. The zero-order valence-corrected chi connectivity index (χ0v) is 24.0. The van der Waals surface area contributed by atoms with E-state index in [1.54, 1.807) is 10.6 Å². The first-order valence-corrected chi connectivity index (χ1v) is 14.4. The summed E-state index contributed by atoms with van der Waals surface area (Å²) in [5.41, 5.74) is 13.2. The average molecular weight is 576 g/mol. The van der Waals surface area contributed by atoms with Crippen LogP contribution in [0.25, 0.3) is 16.6 Å². The van der Waals surface area contributed by atoms with Gasteiger partial charge in [0.15, 0.2) is 5.82 Å². The monoisotopic (exact) mass is 575 g/mol.